The summed E-state index contributed by atoms with van der Waals surface area (Å²) in [5.74, 6) is 1.24. The van der Waals surface area contributed by atoms with Gasteiger partial charge in [-0.2, -0.15) is 4.76 Å². The van der Waals surface area contributed by atoms with Gasteiger partial charge in [0.25, 0.3) is 0 Å². The lowest BCUT2D eigenvalue weighted by atomic mass is 10.2. The molecule has 0 aliphatic rings. The number of aryl methyl sites for hydroxylation is 1. The van der Waals surface area contributed by atoms with Gasteiger partial charge in [-0.15, -0.1) is 0 Å². The highest BCUT2D eigenvalue weighted by molar-refractivity contribution is 8.11. The molecule has 116 valence electrons. The average molecular weight is 334 g/mol. The molecule has 4 nitrogen and oxygen atoms in total. The van der Waals surface area contributed by atoms with Crippen molar-refractivity contribution >= 4 is 24.1 Å². The maximum atomic E-state index is 6.05. The highest BCUT2D eigenvalue weighted by atomic mass is 32.4. The molecule has 0 aliphatic carbocycles. The predicted molar refractivity (Wildman–Crippen MR) is 94.4 cm³/mol. The summed E-state index contributed by atoms with van der Waals surface area (Å²) >= 11 is 5.69. The predicted octanol–water partition coefficient (Wildman–Crippen LogP) is 4.19. The normalized spacial score (nSPS) is 14.2. The maximum absolute atomic E-state index is 6.05. The minimum Gasteiger partial charge on any atom is -0.481 e. The smallest absolute Gasteiger partial charge is 0.225 e. The van der Waals surface area contributed by atoms with Crippen molar-refractivity contribution in [1.29, 1.82) is 0 Å². The Hall–Kier alpha value is -1.71. The van der Waals surface area contributed by atoms with E-state index in [4.69, 9.17) is 21.1 Å². The van der Waals surface area contributed by atoms with Gasteiger partial charge in [0.05, 0.1) is 7.11 Å². The Balaban J connectivity index is 2.35. The monoisotopic (exact) mass is 334 g/mol. The van der Waals surface area contributed by atoms with Crippen LogP contribution in [0.2, 0.25) is 0 Å². The number of rotatable bonds is 5. The first-order chi connectivity index (χ1) is 10.6. The molecule has 1 heterocycles. The summed E-state index contributed by atoms with van der Waals surface area (Å²) in [5.41, 5.74) is 1.83. The highest BCUT2D eigenvalue weighted by Crippen LogP contribution is 2.49. The van der Waals surface area contributed by atoms with Crippen LogP contribution in [0, 0.1) is 6.92 Å². The molecule has 0 spiro atoms. The minimum atomic E-state index is -2.42. The van der Waals surface area contributed by atoms with Gasteiger partial charge in [0, 0.05) is 29.7 Å². The molecule has 0 amide bonds. The third kappa shape index (κ3) is 4.15. The van der Waals surface area contributed by atoms with Gasteiger partial charge in [-0.3, -0.25) is 4.98 Å². The van der Waals surface area contributed by atoms with Gasteiger partial charge in [-0.25, -0.2) is 0 Å². The molecule has 1 aromatic carbocycles. The molecule has 0 saturated carbocycles. The lowest BCUT2D eigenvalue weighted by Crippen LogP contribution is -2.06. The SMILES string of the molecule is CCP(=S)(N=C(OC)c1ccccc1)Oc1ccncc1C. The molecule has 0 aliphatic heterocycles. The number of pyridine rings is 1. The number of benzene rings is 1. The molecule has 1 unspecified atom stereocenters. The van der Waals surface area contributed by atoms with Crippen LogP contribution in [-0.2, 0) is 16.5 Å². The maximum Gasteiger partial charge on any atom is 0.225 e. The minimum absolute atomic E-state index is 0.512. The molecule has 0 bridgehead atoms. The first kappa shape index (κ1) is 16.7. The van der Waals surface area contributed by atoms with Crippen molar-refractivity contribution in [3.05, 3.63) is 59.9 Å². The topological polar surface area (TPSA) is 43.7 Å². The molecule has 6 heteroatoms. The van der Waals surface area contributed by atoms with E-state index in [0.29, 0.717) is 12.1 Å². The lowest BCUT2D eigenvalue weighted by molar-refractivity contribution is 0.405. The molecule has 0 N–H and O–H groups in total. The first-order valence-electron chi connectivity index (χ1n) is 6.97. The van der Waals surface area contributed by atoms with Crippen molar-refractivity contribution in [1.82, 2.24) is 4.98 Å². The Morgan fingerprint density at radius 3 is 2.59 bits per heavy atom. The Labute approximate surface area is 136 Å². The second-order valence-corrected chi connectivity index (χ2v) is 8.66. The van der Waals surface area contributed by atoms with Gasteiger partial charge in [-0.1, -0.05) is 25.1 Å². The number of aromatic nitrogens is 1. The van der Waals surface area contributed by atoms with Crippen LogP contribution in [0.1, 0.15) is 18.1 Å². The molecule has 0 radical (unpaired) electrons. The van der Waals surface area contributed by atoms with Crippen LogP contribution in [0.5, 0.6) is 5.75 Å². The molecule has 2 aromatic rings. The van der Waals surface area contributed by atoms with E-state index >= 15 is 0 Å². The van der Waals surface area contributed by atoms with Crippen molar-refractivity contribution in [2.24, 2.45) is 4.76 Å². The summed E-state index contributed by atoms with van der Waals surface area (Å²) in [6.45, 7) is 3.93. The van der Waals surface area contributed by atoms with Crippen molar-refractivity contribution in [2.75, 3.05) is 13.3 Å². The summed E-state index contributed by atoms with van der Waals surface area (Å²) in [6, 6.07) is 11.5. The van der Waals surface area contributed by atoms with Crippen LogP contribution >= 0.6 is 6.42 Å². The molecule has 0 saturated heterocycles. The largest absolute Gasteiger partial charge is 0.481 e. The number of ether oxygens (including phenoxy) is 1. The van der Waals surface area contributed by atoms with Crippen molar-refractivity contribution < 1.29 is 9.26 Å². The zero-order valence-corrected chi connectivity index (χ0v) is 14.6. The van der Waals surface area contributed by atoms with Gasteiger partial charge >= 0.3 is 0 Å². The van der Waals surface area contributed by atoms with Gasteiger partial charge < -0.3 is 9.26 Å². The fourth-order valence-electron chi connectivity index (χ4n) is 1.81. The summed E-state index contributed by atoms with van der Waals surface area (Å²) in [7, 11) is 1.60. The lowest BCUT2D eigenvalue weighted by Gasteiger charge is -2.19. The van der Waals surface area contributed by atoms with Crippen LogP contribution in [0.25, 0.3) is 0 Å². The van der Waals surface area contributed by atoms with E-state index in [1.54, 1.807) is 19.5 Å². The van der Waals surface area contributed by atoms with E-state index in [1.165, 1.54) is 0 Å². The van der Waals surface area contributed by atoms with E-state index < -0.39 is 6.42 Å². The molecule has 2 rings (SSSR count). The summed E-state index contributed by atoms with van der Waals surface area (Å²) in [6.07, 6.45) is 1.67. The summed E-state index contributed by atoms with van der Waals surface area (Å²) in [5, 5.41) is 0. The zero-order valence-electron chi connectivity index (χ0n) is 12.9. The second-order valence-electron chi connectivity index (χ2n) is 4.66. The average Bonchev–Trinajstić information content (AvgIpc) is 2.56. The van der Waals surface area contributed by atoms with Crippen molar-refractivity contribution in [3.8, 4) is 5.75 Å². The number of hydrogen-bond acceptors (Lipinski definition) is 4. The fourth-order valence-corrected chi connectivity index (χ4v) is 3.57. The fraction of sp³-hybridized carbons (Fsp3) is 0.250. The Morgan fingerprint density at radius 2 is 2.00 bits per heavy atom. The van der Waals surface area contributed by atoms with Gasteiger partial charge in [-0.05, 0) is 36.9 Å². The molecular formula is C16H19N2O2PS. The van der Waals surface area contributed by atoms with Crippen LogP contribution in [-0.4, -0.2) is 24.2 Å². The zero-order chi connectivity index (χ0) is 16.0. The first-order valence-corrected chi connectivity index (χ1v) is 9.82. The molecular weight excluding hydrogens is 315 g/mol. The van der Waals surface area contributed by atoms with E-state index in [1.807, 2.05) is 50.2 Å². The van der Waals surface area contributed by atoms with Crippen LogP contribution in [0.4, 0.5) is 0 Å². The van der Waals surface area contributed by atoms with Crippen LogP contribution in [0.3, 0.4) is 0 Å². The second kappa shape index (κ2) is 7.52. The van der Waals surface area contributed by atoms with E-state index in [9.17, 15) is 0 Å². The van der Waals surface area contributed by atoms with E-state index in [-0.39, 0.29) is 0 Å². The number of hydrogen-bond donors (Lipinski definition) is 0. The third-order valence-electron chi connectivity index (χ3n) is 3.07. The van der Waals surface area contributed by atoms with Crippen LogP contribution in [0.15, 0.2) is 53.6 Å². The van der Waals surface area contributed by atoms with Crippen molar-refractivity contribution in [3.63, 3.8) is 0 Å². The molecule has 22 heavy (non-hydrogen) atoms. The van der Waals surface area contributed by atoms with Gasteiger partial charge in [0.1, 0.15) is 5.75 Å². The molecule has 1 aromatic heterocycles. The Kier molecular flexibility index (Phi) is 5.69. The Bertz CT molecular complexity index is 704. The van der Waals surface area contributed by atoms with Crippen LogP contribution < -0.4 is 4.52 Å². The number of methoxy groups -OCH3 is 1. The van der Waals surface area contributed by atoms with Gasteiger partial charge in [0.15, 0.2) is 0 Å². The third-order valence-corrected chi connectivity index (χ3v) is 6.08. The van der Waals surface area contributed by atoms with Crippen molar-refractivity contribution in [2.45, 2.75) is 13.8 Å². The quantitative estimate of drug-likeness (QED) is 0.467. The van der Waals surface area contributed by atoms with E-state index in [2.05, 4.69) is 9.75 Å². The highest BCUT2D eigenvalue weighted by Gasteiger charge is 2.19. The summed E-state index contributed by atoms with van der Waals surface area (Å²) in [4.78, 5) is 4.06. The molecule has 1 atom stereocenters. The Morgan fingerprint density at radius 1 is 1.27 bits per heavy atom. The standard InChI is InChI=1S/C16H19N2O2PS/c1-4-21(22,20-15-10-11-17-12-13(15)2)18-16(19-3)14-8-6-5-7-9-14/h5-12H,4H2,1-3H3. The number of nitrogens with zero attached hydrogens (tertiary/aromatic N) is 2. The van der Waals surface area contributed by atoms with Gasteiger partial charge in [0.2, 0.25) is 12.3 Å². The summed E-state index contributed by atoms with van der Waals surface area (Å²) < 4.78 is 16.1. The van der Waals surface area contributed by atoms with E-state index in [0.717, 1.165) is 16.9 Å². The molecule has 0 fully saturated rings.